The van der Waals surface area contributed by atoms with Gasteiger partial charge < -0.3 is 9.64 Å². The van der Waals surface area contributed by atoms with Crippen LogP contribution in [0, 0.1) is 11.8 Å². The van der Waals surface area contributed by atoms with Crippen molar-refractivity contribution in [1.29, 1.82) is 0 Å². The molecule has 0 aromatic heterocycles. The largest absolute Gasteiger partial charge is 0.378 e. The quantitative estimate of drug-likeness (QED) is 0.602. The summed E-state index contributed by atoms with van der Waals surface area (Å²) < 4.78 is 5.10. The molecule has 2 atom stereocenters. The molecule has 0 bridgehead atoms. The maximum atomic E-state index is 11.5. The number of ether oxygens (including phenoxy) is 1. The fourth-order valence-electron chi connectivity index (χ4n) is 1.67. The lowest BCUT2D eigenvalue weighted by Crippen LogP contribution is -2.55. The number of likely N-dealkylation sites (tertiary alicyclic amines) is 1. The van der Waals surface area contributed by atoms with Gasteiger partial charge in [0.1, 0.15) is 0 Å². The van der Waals surface area contributed by atoms with Crippen LogP contribution in [-0.4, -0.2) is 37.1 Å². The minimum atomic E-state index is 0.294. The Hall–Kier alpha value is -0.570. The van der Waals surface area contributed by atoms with Crippen LogP contribution in [0.25, 0.3) is 0 Å². The Labute approximate surface area is 72.7 Å². The minimum absolute atomic E-state index is 0.294. The molecule has 0 N–H and O–H groups in total. The molecule has 1 aliphatic carbocycles. The first kappa shape index (κ1) is 8.05. The molecule has 1 aliphatic heterocycles. The highest BCUT2D eigenvalue weighted by Gasteiger charge is 2.44. The summed E-state index contributed by atoms with van der Waals surface area (Å²) in [5, 5.41) is 0. The monoisotopic (exact) mass is 169 g/mol. The Bertz CT molecular complexity index is 199. The first-order valence-electron chi connectivity index (χ1n) is 4.54. The Morgan fingerprint density at radius 1 is 1.50 bits per heavy atom. The van der Waals surface area contributed by atoms with Gasteiger partial charge >= 0.3 is 0 Å². The van der Waals surface area contributed by atoms with E-state index in [0.717, 1.165) is 19.5 Å². The van der Waals surface area contributed by atoms with Gasteiger partial charge in [-0.25, -0.2) is 0 Å². The number of amides is 1. The molecule has 1 saturated carbocycles. The predicted octanol–water partition coefficient (Wildman–Crippen LogP) is 0.500. The summed E-state index contributed by atoms with van der Waals surface area (Å²) in [5.74, 6) is 1.30. The number of hydrogen-bond donors (Lipinski definition) is 0. The predicted molar refractivity (Wildman–Crippen MR) is 44.6 cm³/mol. The Morgan fingerprint density at radius 2 is 2.08 bits per heavy atom. The molecule has 0 spiro atoms. The fraction of sp³-hybridized carbons (Fsp3) is 0.889. The molecule has 1 saturated heterocycles. The number of carbonyl (C=O) groups is 1. The lowest BCUT2D eigenvalue weighted by atomic mass is 10.1. The van der Waals surface area contributed by atoms with Crippen molar-refractivity contribution in [2.75, 3.05) is 20.2 Å². The first-order chi connectivity index (χ1) is 5.72. The normalized spacial score (nSPS) is 34.7. The van der Waals surface area contributed by atoms with Gasteiger partial charge in [-0.05, 0) is 12.3 Å². The average molecular weight is 169 g/mol. The van der Waals surface area contributed by atoms with E-state index < -0.39 is 0 Å². The van der Waals surface area contributed by atoms with E-state index in [1.807, 2.05) is 4.90 Å². The van der Waals surface area contributed by atoms with Gasteiger partial charge in [0.05, 0.1) is 6.10 Å². The van der Waals surface area contributed by atoms with Crippen molar-refractivity contribution in [3.63, 3.8) is 0 Å². The second-order valence-electron chi connectivity index (χ2n) is 3.92. The molecule has 0 unspecified atom stereocenters. The maximum Gasteiger partial charge on any atom is 0.226 e. The highest BCUT2D eigenvalue weighted by atomic mass is 16.5. The van der Waals surface area contributed by atoms with Crippen molar-refractivity contribution in [2.45, 2.75) is 19.4 Å². The van der Waals surface area contributed by atoms with Crippen molar-refractivity contribution in [3.05, 3.63) is 0 Å². The van der Waals surface area contributed by atoms with Crippen molar-refractivity contribution in [2.24, 2.45) is 11.8 Å². The van der Waals surface area contributed by atoms with Crippen molar-refractivity contribution in [1.82, 2.24) is 4.90 Å². The molecule has 3 nitrogen and oxygen atoms in total. The summed E-state index contributed by atoms with van der Waals surface area (Å²) in [6.45, 7) is 3.74. The summed E-state index contributed by atoms with van der Waals surface area (Å²) in [6.07, 6.45) is 1.38. The lowest BCUT2D eigenvalue weighted by molar-refractivity contribution is -0.144. The molecule has 2 aliphatic rings. The van der Waals surface area contributed by atoms with Crippen molar-refractivity contribution >= 4 is 5.91 Å². The van der Waals surface area contributed by atoms with E-state index in [-0.39, 0.29) is 0 Å². The molecule has 68 valence electrons. The van der Waals surface area contributed by atoms with Crippen LogP contribution >= 0.6 is 0 Å². The summed E-state index contributed by atoms with van der Waals surface area (Å²) >= 11 is 0. The third kappa shape index (κ3) is 1.22. The second-order valence-corrected chi connectivity index (χ2v) is 3.92. The fourth-order valence-corrected chi connectivity index (χ4v) is 1.67. The molecule has 2 rings (SSSR count). The van der Waals surface area contributed by atoms with Crippen molar-refractivity contribution in [3.8, 4) is 0 Å². The van der Waals surface area contributed by atoms with Crippen LogP contribution in [-0.2, 0) is 9.53 Å². The molecular formula is C9H15NO2. The number of methoxy groups -OCH3 is 1. The molecule has 0 radical (unpaired) electrons. The van der Waals surface area contributed by atoms with E-state index in [9.17, 15) is 4.79 Å². The highest BCUT2D eigenvalue weighted by Crippen LogP contribution is 2.40. The Morgan fingerprint density at radius 3 is 2.50 bits per heavy atom. The molecular weight excluding hydrogens is 154 g/mol. The maximum absolute atomic E-state index is 11.5. The first-order valence-corrected chi connectivity index (χ1v) is 4.54. The zero-order valence-corrected chi connectivity index (χ0v) is 7.62. The molecule has 2 fully saturated rings. The summed E-state index contributed by atoms with van der Waals surface area (Å²) in [7, 11) is 1.70. The number of carbonyl (C=O) groups excluding carboxylic acids is 1. The number of nitrogens with zero attached hydrogens (tertiary/aromatic N) is 1. The average Bonchev–Trinajstić information content (AvgIpc) is 2.64. The molecule has 3 heteroatoms. The van der Waals surface area contributed by atoms with Crippen LogP contribution in [0.3, 0.4) is 0 Å². The van der Waals surface area contributed by atoms with Crippen LogP contribution in [0.1, 0.15) is 13.3 Å². The summed E-state index contributed by atoms with van der Waals surface area (Å²) in [4.78, 5) is 13.4. The SMILES string of the molecule is COC1CN(C(=O)[C@H]2C[C@@H]2C)C1. The van der Waals surface area contributed by atoms with E-state index >= 15 is 0 Å². The van der Waals surface area contributed by atoms with Gasteiger partial charge in [-0.1, -0.05) is 6.92 Å². The number of hydrogen-bond acceptors (Lipinski definition) is 2. The van der Waals surface area contributed by atoms with E-state index in [1.54, 1.807) is 7.11 Å². The minimum Gasteiger partial charge on any atom is -0.378 e. The topological polar surface area (TPSA) is 29.5 Å². The second kappa shape index (κ2) is 2.73. The highest BCUT2D eigenvalue weighted by molar-refractivity contribution is 5.82. The van der Waals surface area contributed by atoms with Gasteiger partial charge in [-0.2, -0.15) is 0 Å². The Kier molecular flexibility index (Phi) is 1.83. The van der Waals surface area contributed by atoms with Gasteiger partial charge in [0, 0.05) is 26.1 Å². The third-order valence-corrected chi connectivity index (χ3v) is 2.92. The van der Waals surface area contributed by atoms with Gasteiger partial charge in [0.15, 0.2) is 0 Å². The van der Waals surface area contributed by atoms with E-state index in [1.165, 1.54) is 0 Å². The van der Waals surface area contributed by atoms with E-state index in [2.05, 4.69) is 6.92 Å². The third-order valence-electron chi connectivity index (χ3n) is 2.92. The van der Waals surface area contributed by atoms with Gasteiger partial charge in [-0.3, -0.25) is 4.79 Å². The zero-order valence-electron chi connectivity index (χ0n) is 7.62. The zero-order chi connectivity index (χ0) is 8.72. The smallest absolute Gasteiger partial charge is 0.226 e. The van der Waals surface area contributed by atoms with Crippen LogP contribution in [0.15, 0.2) is 0 Å². The molecule has 0 aromatic rings. The van der Waals surface area contributed by atoms with Gasteiger partial charge in [-0.15, -0.1) is 0 Å². The van der Waals surface area contributed by atoms with Gasteiger partial charge in [0.2, 0.25) is 5.91 Å². The van der Waals surface area contributed by atoms with Crippen LogP contribution in [0.2, 0.25) is 0 Å². The molecule has 1 amide bonds. The van der Waals surface area contributed by atoms with E-state index in [4.69, 9.17) is 4.74 Å². The van der Waals surface area contributed by atoms with Gasteiger partial charge in [0.25, 0.3) is 0 Å². The lowest BCUT2D eigenvalue weighted by Gasteiger charge is -2.38. The molecule has 1 heterocycles. The molecule has 12 heavy (non-hydrogen) atoms. The Balaban J connectivity index is 1.77. The van der Waals surface area contributed by atoms with Crippen LogP contribution in [0.5, 0.6) is 0 Å². The van der Waals surface area contributed by atoms with Crippen LogP contribution < -0.4 is 0 Å². The number of rotatable bonds is 2. The van der Waals surface area contributed by atoms with E-state index in [0.29, 0.717) is 23.8 Å². The molecule has 0 aromatic carbocycles. The summed E-state index contributed by atoms with van der Waals surface area (Å²) in [5.41, 5.74) is 0. The van der Waals surface area contributed by atoms with Crippen molar-refractivity contribution < 1.29 is 9.53 Å². The standard InChI is InChI=1S/C9H15NO2/c1-6-3-8(6)9(11)10-4-7(5-10)12-2/h6-8H,3-5H2,1-2H3/t6-,8-/m0/s1. The van der Waals surface area contributed by atoms with Crippen LogP contribution in [0.4, 0.5) is 0 Å². The summed E-state index contributed by atoms with van der Waals surface area (Å²) in [6, 6.07) is 0.